The number of piperazine rings is 1. The Balaban J connectivity index is 1.44. The minimum absolute atomic E-state index is 0.0799. The number of thiocarbonyl (C=S) groups is 1. The van der Waals surface area contributed by atoms with Crippen molar-refractivity contribution in [3.05, 3.63) is 29.8 Å². The number of carbonyl (C=O) groups excluding carboxylic acids is 2. The Morgan fingerprint density at radius 1 is 1.07 bits per heavy atom. The third-order valence-electron chi connectivity index (χ3n) is 5.63. The molecule has 2 fully saturated rings. The number of ketones is 1. The molecule has 5 nitrogen and oxygen atoms in total. The Labute approximate surface area is 177 Å². The Bertz CT molecular complexity index is 715. The topological polar surface area (TPSA) is 43.9 Å². The molecule has 2 saturated heterocycles. The summed E-state index contributed by atoms with van der Waals surface area (Å²) in [7, 11) is 0. The van der Waals surface area contributed by atoms with Gasteiger partial charge in [0, 0.05) is 50.0 Å². The van der Waals surface area contributed by atoms with Crippen molar-refractivity contribution in [1.29, 1.82) is 0 Å². The fourth-order valence-electron chi connectivity index (χ4n) is 3.79. The van der Waals surface area contributed by atoms with E-state index in [4.69, 9.17) is 12.2 Å². The van der Waals surface area contributed by atoms with E-state index in [1.165, 1.54) is 31.0 Å². The number of thioether (sulfide) groups is 1. The van der Waals surface area contributed by atoms with Crippen LogP contribution in [0, 0.1) is 0 Å². The number of hydrogen-bond donors (Lipinski definition) is 0. The highest BCUT2D eigenvalue weighted by molar-refractivity contribution is 8.23. The minimum Gasteiger partial charge on any atom is -0.368 e. The number of rotatable bonds is 4. The molecule has 28 heavy (non-hydrogen) atoms. The van der Waals surface area contributed by atoms with Crippen LogP contribution in [0.5, 0.6) is 0 Å². The van der Waals surface area contributed by atoms with E-state index in [1.54, 1.807) is 6.92 Å². The van der Waals surface area contributed by atoms with Gasteiger partial charge >= 0.3 is 0 Å². The van der Waals surface area contributed by atoms with Crippen LogP contribution in [-0.2, 0) is 4.79 Å². The van der Waals surface area contributed by atoms with Crippen LogP contribution in [0.15, 0.2) is 24.3 Å². The summed E-state index contributed by atoms with van der Waals surface area (Å²) in [6, 6.07) is 8.20. The number of anilines is 1. The number of amides is 1. The zero-order chi connectivity index (χ0) is 20.1. The second kappa shape index (κ2) is 9.74. The maximum Gasteiger partial charge on any atom is 0.233 e. The average molecular weight is 420 g/mol. The lowest BCUT2D eigenvalue weighted by atomic mass is 10.1. The van der Waals surface area contributed by atoms with Gasteiger partial charge in [0.25, 0.3) is 0 Å². The highest BCUT2D eigenvalue weighted by Crippen LogP contribution is 2.22. The summed E-state index contributed by atoms with van der Waals surface area (Å²) in [4.78, 5) is 30.5. The van der Waals surface area contributed by atoms with E-state index >= 15 is 0 Å². The summed E-state index contributed by atoms with van der Waals surface area (Å²) in [5, 5.41) is 0. The molecule has 7 heteroatoms. The molecule has 152 valence electrons. The zero-order valence-electron chi connectivity index (χ0n) is 16.7. The van der Waals surface area contributed by atoms with Crippen molar-refractivity contribution in [2.45, 2.75) is 39.2 Å². The molecule has 3 rings (SSSR count). The van der Waals surface area contributed by atoms with E-state index in [0.29, 0.717) is 11.8 Å². The monoisotopic (exact) mass is 419 g/mol. The van der Waals surface area contributed by atoms with Crippen LogP contribution in [0.4, 0.5) is 5.69 Å². The molecular weight excluding hydrogens is 390 g/mol. The van der Waals surface area contributed by atoms with E-state index in [0.717, 1.165) is 48.3 Å². The van der Waals surface area contributed by atoms with Crippen LogP contribution in [0.2, 0.25) is 0 Å². The molecular formula is C21H29N3O2S2. The fraction of sp³-hybridized carbons (Fsp3) is 0.571. The molecule has 1 atom stereocenters. The van der Waals surface area contributed by atoms with E-state index < -0.39 is 0 Å². The van der Waals surface area contributed by atoms with Crippen molar-refractivity contribution in [2.75, 3.05) is 43.4 Å². The van der Waals surface area contributed by atoms with Crippen molar-refractivity contribution in [3.63, 3.8) is 0 Å². The van der Waals surface area contributed by atoms with Crippen LogP contribution < -0.4 is 4.90 Å². The van der Waals surface area contributed by atoms with Crippen molar-refractivity contribution in [2.24, 2.45) is 0 Å². The van der Waals surface area contributed by atoms with Crippen LogP contribution >= 0.6 is 24.0 Å². The Morgan fingerprint density at radius 2 is 1.75 bits per heavy atom. The molecule has 0 aliphatic carbocycles. The molecule has 0 bridgehead atoms. The van der Waals surface area contributed by atoms with E-state index in [-0.39, 0.29) is 11.7 Å². The largest absolute Gasteiger partial charge is 0.368 e. The summed E-state index contributed by atoms with van der Waals surface area (Å²) in [5.74, 6) is 0.676. The second-order valence-electron chi connectivity index (χ2n) is 7.56. The number of benzene rings is 1. The Kier molecular flexibility index (Phi) is 7.35. The first kappa shape index (κ1) is 21.1. The van der Waals surface area contributed by atoms with E-state index in [1.807, 2.05) is 29.2 Å². The lowest BCUT2D eigenvalue weighted by Gasteiger charge is -2.37. The first-order chi connectivity index (χ1) is 13.5. The summed E-state index contributed by atoms with van der Waals surface area (Å²) in [6.07, 6.45) is 3.64. The summed E-state index contributed by atoms with van der Waals surface area (Å²) in [6.45, 7) is 7.88. The molecule has 1 aromatic rings. The first-order valence-electron chi connectivity index (χ1n) is 10.0. The average Bonchev–Trinajstić information content (AvgIpc) is 2.72. The lowest BCUT2D eigenvalue weighted by Crippen LogP contribution is -2.49. The van der Waals surface area contributed by atoms with Crippen LogP contribution in [0.1, 0.15) is 43.5 Å². The number of carbonyl (C=O) groups is 2. The maximum atomic E-state index is 12.6. The lowest BCUT2D eigenvalue weighted by molar-refractivity contribution is -0.128. The minimum atomic E-state index is 0.0799. The van der Waals surface area contributed by atoms with Gasteiger partial charge in [-0.15, -0.1) is 0 Å². The van der Waals surface area contributed by atoms with Crippen molar-refractivity contribution < 1.29 is 9.59 Å². The van der Waals surface area contributed by atoms with E-state index in [9.17, 15) is 9.59 Å². The molecule has 2 aliphatic heterocycles. The molecule has 0 aromatic heterocycles. The van der Waals surface area contributed by atoms with Gasteiger partial charge in [0.15, 0.2) is 5.78 Å². The highest BCUT2D eigenvalue weighted by Gasteiger charge is 2.24. The molecule has 1 amide bonds. The molecule has 0 spiro atoms. The number of nitrogens with zero attached hydrogens (tertiary/aromatic N) is 3. The number of likely N-dealkylation sites (tertiary alicyclic amines) is 1. The van der Waals surface area contributed by atoms with Crippen molar-refractivity contribution in [1.82, 2.24) is 9.80 Å². The molecule has 2 heterocycles. The van der Waals surface area contributed by atoms with Crippen LogP contribution in [-0.4, -0.2) is 70.3 Å². The standard InChI is InChI=1S/C21H29N3O2S2/c1-16-5-3-4-10-24(16)21(27)28-15-20(26)23-13-11-22(12-14-23)19-8-6-18(7-9-19)17(2)25/h6-9,16H,3-5,10-15H2,1-2H3/t16-/m0/s1. The fourth-order valence-corrected chi connectivity index (χ4v) is 5.10. The highest BCUT2D eigenvalue weighted by atomic mass is 32.2. The predicted molar refractivity (Wildman–Crippen MR) is 120 cm³/mol. The second-order valence-corrected chi connectivity index (χ2v) is 9.17. The van der Waals surface area contributed by atoms with Gasteiger partial charge in [-0.25, -0.2) is 0 Å². The van der Waals surface area contributed by atoms with Gasteiger partial charge in [0.05, 0.1) is 5.75 Å². The van der Waals surface area contributed by atoms with Crippen molar-refractivity contribution in [3.8, 4) is 0 Å². The summed E-state index contributed by atoms with van der Waals surface area (Å²) < 4.78 is 0.866. The normalized spacial score (nSPS) is 20.2. The summed E-state index contributed by atoms with van der Waals surface area (Å²) in [5.41, 5.74) is 1.83. The summed E-state index contributed by atoms with van der Waals surface area (Å²) >= 11 is 7.08. The van der Waals surface area contributed by atoms with Gasteiger partial charge in [-0.05, 0) is 57.4 Å². The molecule has 2 aliphatic rings. The molecule has 0 unspecified atom stereocenters. The Hall–Kier alpha value is -1.60. The van der Waals surface area contributed by atoms with Gasteiger partial charge in [0.2, 0.25) is 5.91 Å². The van der Waals surface area contributed by atoms with Gasteiger partial charge in [-0.2, -0.15) is 0 Å². The molecule has 0 N–H and O–H groups in total. The number of hydrogen-bond acceptors (Lipinski definition) is 5. The maximum absolute atomic E-state index is 12.6. The first-order valence-corrected chi connectivity index (χ1v) is 11.4. The third kappa shape index (κ3) is 5.26. The van der Waals surface area contributed by atoms with Crippen LogP contribution in [0.25, 0.3) is 0 Å². The third-order valence-corrected chi connectivity index (χ3v) is 7.09. The quantitative estimate of drug-likeness (QED) is 0.550. The smallest absolute Gasteiger partial charge is 0.233 e. The molecule has 0 saturated carbocycles. The number of Topliss-reactive ketones (excluding diaryl/α,β-unsaturated/α-hetero) is 1. The Morgan fingerprint density at radius 3 is 2.36 bits per heavy atom. The van der Waals surface area contributed by atoms with Crippen molar-refractivity contribution >= 4 is 45.7 Å². The van der Waals surface area contributed by atoms with Gasteiger partial charge < -0.3 is 14.7 Å². The molecule has 0 radical (unpaired) electrons. The van der Waals surface area contributed by atoms with Gasteiger partial charge in [-0.1, -0.05) is 24.0 Å². The SMILES string of the molecule is CC(=O)c1ccc(N2CCN(C(=O)CSC(=S)N3CCCC[C@@H]3C)CC2)cc1. The number of piperidine rings is 1. The van der Waals surface area contributed by atoms with Gasteiger partial charge in [-0.3, -0.25) is 9.59 Å². The predicted octanol–water partition coefficient (Wildman–Crippen LogP) is 3.43. The van der Waals surface area contributed by atoms with E-state index in [2.05, 4.69) is 16.7 Å². The van der Waals surface area contributed by atoms with Gasteiger partial charge in [0.1, 0.15) is 4.32 Å². The zero-order valence-corrected chi connectivity index (χ0v) is 18.4. The van der Waals surface area contributed by atoms with Crippen LogP contribution in [0.3, 0.4) is 0 Å². The molecule has 1 aromatic carbocycles.